The highest BCUT2D eigenvalue weighted by Gasteiger charge is 2.12. The van der Waals surface area contributed by atoms with Gasteiger partial charge in [0.25, 0.3) is 0 Å². The van der Waals surface area contributed by atoms with E-state index in [4.69, 9.17) is 12.2 Å². The van der Waals surface area contributed by atoms with E-state index in [0.29, 0.717) is 0 Å². The molecule has 0 aliphatic heterocycles. The lowest BCUT2D eigenvalue weighted by Crippen LogP contribution is -2.10. The second kappa shape index (κ2) is 3.91. The van der Waals surface area contributed by atoms with Gasteiger partial charge in [0.15, 0.2) is 4.77 Å². The van der Waals surface area contributed by atoms with E-state index < -0.39 is 0 Å². The number of imidazole rings is 1. The van der Waals surface area contributed by atoms with Crippen LogP contribution in [0.1, 0.15) is 26.3 Å². The highest BCUT2D eigenvalue weighted by molar-refractivity contribution is 7.71. The minimum Gasteiger partial charge on any atom is -0.337 e. The lowest BCUT2D eigenvalue weighted by molar-refractivity contribution is 0.590. The van der Waals surface area contributed by atoms with Gasteiger partial charge in [-0.1, -0.05) is 32.9 Å². The fraction of sp³-hybridized carbons (Fsp3) is 0.308. The summed E-state index contributed by atoms with van der Waals surface area (Å²) in [6.45, 7) is 6.64. The Labute approximate surface area is 101 Å². The standard InChI is InChI=1S/C13H16N2S/c1-13(2,3)10-4-6-11(7-5-10)15-9-8-14-12(15)16/h4-9H,1-3H3,(H,14,16). The number of nitrogens with zero attached hydrogens (tertiary/aromatic N) is 1. The number of hydrogen-bond acceptors (Lipinski definition) is 1. The first kappa shape index (κ1) is 11.1. The molecule has 2 nitrogen and oxygen atoms in total. The van der Waals surface area contributed by atoms with Crippen LogP contribution in [0.25, 0.3) is 5.69 Å². The largest absolute Gasteiger partial charge is 0.337 e. The Bertz CT molecular complexity index is 526. The van der Waals surface area contributed by atoms with Crippen molar-refractivity contribution in [2.24, 2.45) is 0 Å². The van der Waals surface area contributed by atoms with Gasteiger partial charge >= 0.3 is 0 Å². The molecule has 0 atom stereocenters. The van der Waals surface area contributed by atoms with Crippen LogP contribution >= 0.6 is 12.2 Å². The van der Waals surface area contributed by atoms with Gasteiger partial charge in [-0.3, -0.25) is 4.57 Å². The van der Waals surface area contributed by atoms with Crippen LogP contribution in [0.2, 0.25) is 0 Å². The molecule has 0 saturated heterocycles. The van der Waals surface area contributed by atoms with Crippen LogP contribution < -0.4 is 0 Å². The van der Waals surface area contributed by atoms with Crippen LogP contribution in [0.15, 0.2) is 36.7 Å². The van der Waals surface area contributed by atoms with Crippen molar-refractivity contribution in [3.63, 3.8) is 0 Å². The zero-order chi connectivity index (χ0) is 11.8. The molecule has 2 aromatic rings. The summed E-state index contributed by atoms with van der Waals surface area (Å²) in [6.07, 6.45) is 3.79. The molecule has 0 amide bonds. The molecule has 1 N–H and O–H groups in total. The normalized spacial score (nSPS) is 11.7. The first-order chi connectivity index (χ1) is 7.48. The van der Waals surface area contributed by atoms with Gasteiger partial charge < -0.3 is 4.98 Å². The van der Waals surface area contributed by atoms with Gasteiger partial charge in [0, 0.05) is 18.1 Å². The third kappa shape index (κ3) is 2.09. The maximum absolute atomic E-state index is 5.18. The second-order valence-electron chi connectivity index (χ2n) is 4.93. The third-order valence-electron chi connectivity index (χ3n) is 2.66. The van der Waals surface area contributed by atoms with Gasteiger partial charge in [-0.05, 0) is 35.3 Å². The Morgan fingerprint density at radius 1 is 1.12 bits per heavy atom. The van der Waals surface area contributed by atoms with Gasteiger partial charge in [-0.2, -0.15) is 0 Å². The highest BCUT2D eigenvalue weighted by Crippen LogP contribution is 2.23. The predicted octanol–water partition coefficient (Wildman–Crippen LogP) is 3.83. The van der Waals surface area contributed by atoms with Crippen molar-refractivity contribution in [2.45, 2.75) is 26.2 Å². The number of aromatic amines is 1. The van der Waals surface area contributed by atoms with Crippen LogP contribution in [0.5, 0.6) is 0 Å². The number of nitrogens with one attached hydrogen (secondary N) is 1. The van der Waals surface area contributed by atoms with E-state index in [-0.39, 0.29) is 5.41 Å². The first-order valence-corrected chi connectivity index (χ1v) is 5.76. The summed E-state index contributed by atoms with van der Waals surface area (Å²) < 4.78 is 2.69. The maximum Gasteiger partial charge on any atom is 0.181 e. The molecule has 1 aromatic carbocycles. The van der Waals surface area contributed by atoms with Gasteiger partial charge in [0.05, 0.1) is 0 Å². The summed E-state index contributed by atoms with van der Waals surface area (Å²) in [5.74, 6) is 0. The van der Waals surface area contributed by atoms with E-state index in [2.05, 4.69) is 50.0 Å². The molecule has 84 valence electrons. The topological polar surface area (TPSA) is 20.7 Å². The minimum absolute atomic E-state index is 0.193. The fourth-order valence-corrected chi connectivity index (χ4v) is 1.88. The first-order valence-electron chi connectivity index (χ1n) is 5.35. The number of benzene rings is 1. The van der Waals surface area contributed by atoms with Crippen LogP contribution in [-0.2, 0) is 5.41 Å². The number of hydrogen-bond donors (Lipinski definition) is 1. The molecule has 16 heavy (non-hydrogen) atoms. The highest BCUT2D eigenvalue weighted by atomic mass is 32.1. The van der Waals surface area contributed by atoms with Crippen molar-refractivity contribution in [3.8, 4) is 5.69 Å². The SMILES string of the molecule is CC(C)(C)c1ccc(-n2cc[nH]c2=S)cc1. The Morgan fingerprint density at radius 3 is 2.19 bits per heavy atom. The minimum atomic E-state index is 0.193. The van der Waals surface area contributed by atoms with Crippen LogP contribution in [0.3, 0.4) is 0 Å². The quantitative estimate of drug-likeness (QED) is 0.741. The van der Waals surface area contributed by atoms with E-state index >= 15 is 0 Å². The van der Waals surface area contributed by atoms with E-state index in [1.807, 2.05) is 17.0 Å². The van der Waals surface area contributed by atoms with E-state index in [0.717, 1.165) is 10.5 Å². The lowest BCUT2D eigenvalue weighted by Gasteiger charge is -2.19. The molecule has 2 rings (SSSR count). The van der Waals surface area contributed by atoms with E-state index in [1.165, 1.54) is 5.56 Å². The van der Waals surface area contributed by atoms with Gasteiger partial charge in [0.2, 0.25) is 0 Å². The fourth-order valence-electron chi connectivity index (χ4n) is 1.65. The van der Waals surface area contributed by atoms with Crippen LogP contribution in [0, 0.1) is 4.77 Å². The van der Waals surface area contributed by atoms with Crippen molar-refractivity contribution in [1.29, 1.82) is 0 Å². The molecule has 1 aromatic heterocycles. The van der Waals surface area contributed by atoms with Crippen molar-refractivity contribution in [2.75, 3.05) is 0 Å². The maximum atomic E-state index is 5.18. The monoisotopic (exact) mass is 232 g/mol. The summed E-state index contributed by atoms with van der Waals surface area (Å²) in [7, 11) is 0. The third-order valence-corrected chi connectivity index (χ3v) is 2.98. The zero-order valence-electron chi connectivity index (χ0n) is 9.82. The van der Waals surface area contributed by atoms with Crippen LogP contribution in [-0.4, -0.2) is 9.55 Å². The molecule has 0 bridgehead atoms. The number of aromatic nitrogens is 2. The smallest absolute Gasteiger partial charge is 0.181 e. The summed E-state index contributed by atoms with van der Waals surface area (Å²) in [5.41, 5.74) is 2.62. The molecule has 0 radical (unpaired) electrons. The number of H-pyrrole nitrogens is 1. The molecule has 0 aliphatic carbocycles. The molecule has 0 saturated carbocycles. The summed E-state index contributed by atoms with van der Waals surface area (Å²) in [6, 6.07) is 8.52. The van der Waals surface area contributed by atoms with E-state index in [9.17, 15) is 0 Å². The summed E-state index contributed by atoms with van der Waals surface area (Å²) in [4.78, 5) is 2.99. The zero-order valence-corrected chi connectivity index (χ0v) is 10.6. The molecule has 0 fully saturated rings. The molecular formula is C13H16N2S. The molecule has 0 aliphatic rings. The van der Waals surface area contributed by atoms with Gasteiger partial charge in [-0.25, -0.2) is 0 Å². The average Bonchev–Trinajstić information content (AvgIpc) is 2.63. The Kier molecular flexibility index (Phi) is 2.72. The van der Waals surface area contributed by atoms with E-state index in [1.54, 1.807) is 0 Å². The summed E-state index contributed by atoms with van der Waals surface area (Å²) >= 11 is 5.18. The molecule has 0 spiro atoms. The predicted molar refractivity (Wildman–Crippen MR) is 69.7 cm³/mol. The van der Waals surface area contributed by atoms with Crippen molar-refractivity contribution in [3.05, 3.63) is 47.0 Å². The second-order valence-corrected chi connectivity index (χ2v) is 5.32. The van der Waals surface area contributed by atoms with Gasteiger partial charge in [0.1, 0.15) is 0 Å². The molecular weight excluding hydrogens is 216 g/mol. The average molecular weight is 232 g/mol. The molecule has 3 heteroatoms. The Morgan fingerprint density at radius 2 is 1.75 bits per heavy atom. The Balaban J connectivity index is 2.41. The van der Waals surface area contributed by atoms with Crippen molar-refractivity contribution < 1.29 is 0 Å². The van der Waals surface area contributed by atoms with Crippen molar-refractivity contribution >= 4 is 12.2 Å². The summed E-state index contributed by atoms with van der Waals surface area (Å²) in [5, 5.41) is 0. The molecule has 0 unspecified atom stereocenters. The molecule has 1 heterocycles. The van der Waals surface area contributed by atoms with Gasteiger partial charge in [-0.15, -0.1) is 0 Å². The Hall–Kier alpha value is -1.35. The number of rotatable bonds is 1. The van der Waals surface area contributed by atoms with Crippen LogP contribution in [0.4, 0.5) is 0 Å². The van der Waals surface area contributed by atoms with Crippen molar-refractivity contribution in [1.82, 2.24) is 9.55 Å². The lowest BCUT2D eigenvalue weighted by atomic mass is 9.87.